The molecule has 6 heteroatoms. The summed E-state index contributed by atoms with van der Waals surface area (Å²) in [6.45, 7) is 18.6. The van der Waals surface area contributed by atoms with Crippen LogP contribution >= 0.6 is 7.60 Å². The highest BCUT2D eigenvalue weighted by Crippen LogP contribution is 2.61. The summed E-state index contributed by atoms with van der Waals surface area (Å²) in [4.78, 5) is 6.43. The van der Waals surface area contributed by atoms with E-state index in [4.69, 9.17) is 13.9 Å². The molecule has 0 spiro atoms. The van der Waals surface area contributed by atoms with E-state index in [1.807, 2.05) is 97.7 Å². The molecule has 1 aromatic rings. The highest BCUT2D eigenvalue weighted by molar-refractivity contribution is 7.54. The Kier molecular flexibility index (Phi) is 8.71. The van der Waals surface area contributed by atoms with Crippen molar-refractivity contribution in [2.45, 2.75) is 79.7 Å². The van der Waals surface area contributed by atoms with Crippen molar-refractivity contribution >= 4 is 7.60 Å². The van der Waals surface area contributed by atoms with Crippen molar-refractivity contribution in [2.75, 3.05) is 13.2 Å². The third-order valence-electron chi connectivity index (χ3n) is 4.12. The Morgan fingerprint density at radius 3 is 1.81 bits per heavy atom. The number of nitrogens with zero attached hydrogens (tertiary/aromatic N) is 1. The lowest BCUT2D eigenvalue weighted by Gasteiger charge is -2.48. The van der Waals surface area contributed by atoms with E-state index in [1.54, 1.807) is 0 Å². The maximum absolute atomic E-state index is 13.8. The molecule has 0 unspecified atom stereocenters. The summed E-state index contributed by atoms with van der Waals surface area (Å²) in [6, 6.07) is 10.0. The summed E-state index contributed by atoms with van der Waals surface area (Å²) < 4.78 is 25.3. The van der Waals surface area contributed by atoms with Crippen LogP contribution in [0.3, 0.4) is 0 Å². The summed E-state index contributed by atoms with van der Waals surface area (Å²) in [5.74, 6) is -0.559. The van der Waals surface area contributed by atoms with E-state index in [2.05, 4.69) is 0 Å². The van der Waals surface area contributed by atoms with Crippen molar-refractivity contribution in [1.29, 1.82) is 0 Å². The smallest absolute Gasteiger partial charge is 0.308 e. The van der Waals surface area contributed by atoms with E-state index in [-0.39, 0.29) is 6.10 Å². The average Bonchev–Trinajstić information content (AvgIpc) is 2.53. The SMILES string of the molecule is CCOP(=O)(OCC)[C@@H](N(O[C@H](C)c1ccccc1)C(C)(C)C)C(C)(C)C. The molecule has 0 saturated heterocycles. The molecular formula is C21H38NO4P. The second kappa shape index (κ2) is 9.67. The van der Waals surface area contributed by atoms with E-state index < -0.39 is 24.3 Å². The zero-order valence-corrected chi connectivity index (χ0v) is 19.4. The molecule has 5 nitrogen and oxygen atoms in total. The summed E-state index contributed by atoms with van der Waals surface area (Å²) >= 11 is 0. The first-order chi connectivity index (χ1) is 12.4. The first-order valence-corrected chi connectivity index (χ1v) is 11.4. The normalized spacial score (nSPS) is 15.8. The second-order valence-electron chi connectivity index (χ2n) is 8.77. The van der Waals surface area contributed by atoms with Crippen LogP contribution in [0, 0.1) is 5.41 Å². The van der Waals surface area contributed by atoms with E-state index in [0.29, 0.717) is 13.2 Å². The van der Waals surface area contributed by atoms with Crippen molar-refractivity contribution in [3.05, 3.63) is 35.9 Å². The molecule has 0 heterocycles. The van der Waals surface area contributed by atoms with Gasteiger partial charge in [-0.15, -0.1) is 0 Å². The Bertz CT molecular complexity index is 597. The number of hydrogen-bond acceptors (Lipinski definition) is 5. The van der Waals surface area contributed by atoms with Crippen molar-refractivity contribution in [1.82, 2.24) is 5.06 Å². The van der Waals surface area contributed by atoms with Crippen LogP contribution in [0.25, 0.3) is 0 Å². The van der Waals surface area contributed by atoms with Gasteiger partial charge in [0.25, 0.3) is 0 Å². The minimum Gasteiger partial charge on any atom is -0.308 e. The molecular weight excluding hydrogens is 361 g/mol. The molecule has 0 aliphatic carbocycles. The summed E-state index contributed by atoms with van der Waals surface area (Å²) in [5, 5.41) is 1.83. The van der Waals surface area contributed by atoms with Crippen LogP contribution in [0.2, 0.25) is 0 Å². The van der Waals surface area contributed by atoms with Crippen LogP contribution in [0.4, 0.5) is 0 Å². The Labute approximate surface area is 165 Å². The fourth-order valence-electron chi connectivity index (χ4n) is 3.03. The molecule has 0 radical (unpaired) electrons. The highest BCUT2D eigenvalue weighted by Gasteiger charge is 2.51. The molecule has 0 amide bonds. The van der Waals surface area contributed by atoms with Crippen molar-refractivity contribution in [3.8, 4) is 0 Å². The highest BCUT2D eigenvalue weighted by atomic mass is 31.2. The van der Waals surface area contributed by atoms with Crippen molar-refractivity contribution in [2.24, 2.45) is 5.41 Å². The molecule has 2 atom stereocenters. The molecule has 1 rings (SSSR count). The van der Waals surface area contributed by atoms with Gasteiger partial charge in [0.15, 0.2) is 0 Å². The average molecular weight is 400 g/mol. The van der Waals surface area contributed by atoms with Gasteiger partial charge < -0.3 is 9.05 Å². The Morgan fingerprint density at radius 1 is 0.963 bits per heavy atom. The maximum Gasteiger partial charge on any atom is 0.350 e. The molecule has 0 saturated carbocycles. The molecule has 0 fully saturated rings. The lowest BCUT2D eigenvalue weighted by atomic mass is 9.94. The van der Waals surface area contributed by atoms with Gasteiger partial charge in [0, 0.05) is 5.54 Å². The topological polar surface area (TPSA) is 48.0 Å². The van der Waals surface area contributed by atoms with Gasteiger partial charge in [-0.2, -0.15) is 5.06 Å². The lowest BCUT2D eigenvalue weighted by molar-refractivity contribution is -0.264. The van der Waals surface area contributed by atoms with Gasteiger partial charge >= 0.3 is 7.60 Å². The summed E-state index contributed by atoms with van der Waals surface area (Å²) in [6.07, 6.45) is -0.202. The molecule has 27 heavy (non-hydrogen) atoms. The molecule has 0 N–H and O–H groups in total. The number of hydroxylamine groups is 2. The number of benzene rings is 1. The van der Waals surface area contributed by atoms with Gasteiger partial charge in [-0.3, -0.25) is 9.40 Å². The minimum atomic E-state index is -3.45. The molecule has 0 aliphatic heterocycles. The van der Waals surface area contributed by atoms with E-state index >= 15 is 0 Å². The maximum atomic E-state index is 13.8. The monoisotopic (exact) mass is 399 g/mol. The summed E-state index contributed by atoms with van der Waals surface area (Å²) in [5.41, 5.74) is 0.246. The Balaban J connectivity index is 3.39. The van der Waals surface area contributed by atoms with Gasteiger partial charge in [0.1, 0.15) is 11.9 Å². The summed E-state index contributed by atoms with van der Waals surface area (Å²) in [7, 11) is -3.45. The van der Waals surface area contributed by atoms with E-state index in [0.717, 1.165) is 5.56 Å². The molecule has 0 aromatic heterocycles. The zero-order valence-electron chi connectivity index (χ0n) is 18.5. The minimum absolute atomic E-state index is 0.202. The fraction of sp³-hybridized carbons (Fsp3) is 0.714. The van der Waals surface area contributed by atoms with Crippen LogP contribution in [0.15, 0.2) is 30.3 Å². The Morgan fingerprint density at radius 2 is 1.44 bits per heavy atom. The van der Waals surface area contributed by atoms with E-state index in [9.17, 15) is 4.57 Å². The molecule has 156 valence electrons. The third kappa shape index (κ3) is 6.69. The van der Waals surface area contributed by atoms with Crippen molar-refractivity contribution < 1.29 is 18.5 Å². The zero-order chi connectivity index (χ0) is 20.9. The second-order valence-corrected chi connectivity index (χ2v) is 10.9. The van der Waals surface area contributed by atoms with Gasteiger partial charge in [0.2, 0.25) is 0 Å². The van der Waals surface area contributed by atoms with Crippen LogP contribution < -0.4 is 0 Å². The molecule has 0 aliphatic rings. The van der Waals surface area contributed by atoms with Gasteiger partial charge in [-0.1, -0.05) is 51.1 Å². The van der Waals surface area contributed by atoms with Gasteiger partial charge in [-0.25, -0.2) is 0 Å². The first-order valence-electron chi connectivity index (χ1n) is 9.76. The van der Waals surface area contributed by atoms with Gasteiger partial charge in [-0.05, 0) is 52.5 Å². The number of rotatable bonds is 9. The van der Waals surface area contributed by atoms with Crippen LogP contribution in [0.1, 0.15) is 74.0 Å². The van der Waals surface area contributed by atoms with Crippen LogP contribution in [-0.2, 0) is 18.5 Å². The predicted octanol–water partition coefficient (Wildman–Crippen LogP) is 6.42. The predicted molar refractivity (Wildman–Crippen MR) is 112 cm³/mol. The van der Waals surface area contributed by atoms with Crippen molar-refractivity contribution in [3.63, 3.8) is 0 Å². The van der Waals surface area contributed by atoms with Gasteiger partial charge in [0.05, 0.1) is 13.2 Å². The number of hydrogen-bond donors (Lipinski definition) is 0. The standard InChI is InChI=1S/C21H38NO4P/c1-10-24-27(23,25-11-2)19(20(4,5)6)22(21(7,8)9)26-17(3)18-15-13-12-14-16-18/h12-17,19H,10-11H2,1-9H3/t17-,19-/m1/s1. The fourth-order valence-corrected chi connectivity index (χ4v) is 5.71. The largest absolute Gasteiger partial charge is 0.350 e. The quantitative estimate of drug-likeness (QED) is 0.354. The lowest BCUT2D eigenvalue weighted by Crippen LogP contribution is -2.53. The molecule has 1 aromatic carbocycles. The van der Waals surface area contributed by atoms with E-state index in [1.165, 1.54) is 0 Å². The third-order valence-corrected chi connectivity index (χ3v) is 6.94. The van der Waals surface area contributed by atoms with Crippen LogP contribution in [0.5, 0.6) is 0 Å². The first kappa shape index (κ1) is 24.3. The molecule has 0 bridgehead atoms. The van der Waals surface area contributed by atoms with Crippen LogP contribution in [-0.4, -0.2) is 29.6 Å². The Hall–Kier alpha value is -0.710.